The van der Waals surface area contributed by atoms with Gasteiger partial charge >= 0.3 is 5.69 Å². The molecule has 0 saturated carbocycles. The molecule has 26 heavy (non-hydrogen) atoms. The van der Waals surface area contributed by atoms with E-state index in [1.54, 1.807) is 12.1 Å². The summed E-state index contributed by atoms with van der Waals surface area (Å²) in [6.45, 7) is 0. The van der Waals surface area contributed by atoms with Gasteiger partial charge in [-0.25, -0.2) is 0 Å². The van der Waals surface area contributed by atoms with Gasteiger partial charge in [0.2, 0.25) is 0 Å². The molecule has 3 aromatic carbocycles. The van der Waals surface area contributed by atoms with Crippen LogP contribution in [0.15, 0.2) is 79.0 Å². The van der Waals surface area contributed by atoms with Crippen LogP contribution in [0.25, 0.3) is 10.9 Å². The summed E-state index contributed by atoms with van der Waals surface area (Å²) in [5, 5.41) is 22.9. The van der Waals surface area contributed by atoms with Crippen LogP contribution in [-0.4, -0.2) is 15.0 Å². The second-order valence-electron chi connectivity index (χ2n) is 6.11. The molecule has 0 saturated heterocycles. The number of para-hydroxylation sites is 2. The maximum Gasteiger partial charge on any atom is 0.311 e. The van der Waals surface area contributed by atoms with Crippen molar-refractivity contribution in [2.45, 2.75) is 5.92 Å². The van der Waals surface area contributed by atoms with Crippen LogP contribution in [0.1, 0.15) is 22.6 Å². The van der Waals surface area contributed by atoms with Gasteiger partial charge in [0.15, 0.2) is 5.75 Å². The Morgan fingerprint density at radius 3 is 2.38 bits per heavy atom. The summed E-state index contributed by atoms with van der Waals surface area (Å²) in [5.41, 5.74) is 3.11. The molecule has 128 valence electrons. The highest BCUT2D eigenvalue weighted by Crippen LogP contribution is 2.42. The summed E-state index contributed by atoms with van der Waals surface area (Å²) >= 11 is 0. The van der Waals surface area contributed by atoms with Gasteiger partial charge in [0, 0.05) is 34.6 Å². The molecule has 0 spiro atoms. The molecule has 0 radical (unpaired) electrons. The summed E-state index contributed by atoms with van der Waals surface area (Å²) in [7, 11) is 0. The number of aromatic hydroxyl groups is 1. The van der Waals surface area contributed by atoms with Crippen molar-refractivity contribution in [3.63, 3.8) is 0 Å². The van der Waals surface area contributed by atoms with Crippen molar-refractivity contribution in [3.8, 4) is 5.75 Å². The van der Waals surface area contributed by atoms with Crippen LogP contribution < -0.4 is 0 Å². The van der Waals surface area contributed by atoms with E-state index in [1.165, 1.54) is 6.07 Å². The third kappa shape index (κ3) is 2.59. The van der Waals surface area contributed by atoms with Crippen molar-refractivity contribution in [1.29, 1.82) is 0 Å². The Morgan fingerprint density at radius 1 is 0.885 bits per heavy atom. The molecular weight excluding hydrogens is 328 g/mol. The van der Waals surface area contributed by atoms with Gasteiger partial charge in [0.25, 0.3) is 0 Å². The van der Waals surface area contributed by atoms with Gasteiger partial charge in [-0.3, -0.25) is 10.1 Å². The number of phenolic OH excluding ortho intramolecular Hbond substituents is 1. The topological polar surface area (TPSA) is 79.2 Å². The minimum absolute atomic E-state index is 0.289. The number of nitro benzene ring substituents is 1. The van der Waals surface area contributed by atoms with Gasteiger partial charge in [-0.05, 0) is 17.2 Å². The minimum atomic E-state index is -0.559. The lowest BCUT2D eigenvalue weighted by Gasteiger charge is -2.19. The quantitative estimate of drug-likeness (QED) is 0.405. The van der Waals surface area contributed by atoms with Gasteiger partial charge in [-0.1, -0.05) is 60.7 Å². The molecule has 0 aliphatic rings. The molecule has 0 amide bonds. The number of benzene rings is 3. The maximum absolute atomic E-state index is 11.3. The van der Waals surface area contributed by atoms with Gasteiger partial charge in [-0.15, -0.1) is 0 Å². The van der Waals surface area contributed by atoms with Crippen molar-refractivity contribution in [1.82, 2.24) is 4.98 Å². The van der Waals surface area contributed by atoms with Crippen molar-refractivity contribution in [2.24, 2.45) is 0 Å². The zero-order valence-electron chi connectivity index (χ0n) is 13.8. The molecular formula is C21H16N2O3. The lowest BCUT2D eigenvalue weighted by Crippen LogP contribution is -2.04. The van der Waals surface area contributed by atoms with Crippen molar-refractivity contribution >= 4 is 16.6 Å². The Labute approximate surface area is 149 Å². The van der Waals surface area contributed by atoms with E-state index in [-0.39, 0.29) is 17.4 Å². The van der Waals surface area contributed by atoms with Crippen molar-refractivity contribution in [3.05, 3.63) is 106 Å². The van der Waals surface area contributed by atoms with Crippen LogP contribution >= 0.6 is 0 Å². The first-order valence-electron chi connectivity index (χ1n) is 8.24. The first-order chi connectivity index (χ1) is 12.7. The van der Waals surface area contributed by atoms with Crippen LogP contribution in [0.5, 0.6) is 5.75 Å². The van der Waals surface area contributed by atoms with E-state index in [0.29, 0.717) is 5.56 Å². The second-order valence-corrected chi connectivity index (χ2v) is 6.11. The SMILES string of the molecule is O=[N+]([O-])c1cccc(C(c2ccccc2)c2c[nH]c3ccccc23)c1O. The second kappa shape index (κ2) is 6.37. The van der Waals surface area contributed by atoms with Crippen LogP contribution in [0.3, 0.4) is 0 Å². The zero-order valence-corrected chi connectivity index (χ0v) is 13.8. The van der Waals surface area contributed by atoms with Gasteiger partial charge < -0.3 is 10.1 Å². The molecule has 4 rings (SSSR count). The Kier molecular flexibility index (Phi) is 3.89. The monoisotopic (exact) mass is 344 g/mol. The highest BCUT2D eigenvalue weighted by atomic mass is 16.6. The van der Waals surface area contributed by atoms with E-state index in [9.17, 15) is 15.2 Å². The molecule has 0 aliphatic heterocycles. The van der Waals surface area contributed by atoms with E-state index < -0.39 is 4.92 Å². The fourth-order valence-corrected chi connectivity index (χ4v) is 3.43. The van der Waals surface area contributed by atoms with E-state index in [4.69, 9.17) is 0 Å². The Bertz CT molecular complexity index is 1090. The van der Waals surface area contributed by atoms with E-state index in [1.807, 2.05) is 60.8 Å². The number of nitro groups is 1. The fraction of sp³-hybridized carbons (Fsp3) is 0.0476. The number of aromatic nitrogens is 1. The number of rotatable bonds is 4. The summed E-state index contributed by atoms with van der Waals surface area (Å²) in [6, 6.07) is 22.2. The Hall–Kier alpha value is -3.60. The normalized spacial score (nSPS) is 12.2. The summed E-state index contributed by atoms with van der Waals surface area (Å²) in [4.78, 5) is 14.0. The highest BCUT2D eigenvalue weighted by molar-refractivity contribution is 5.85. The van der Waals surface area contributed by atoms with Crippen molar-refractivity contribution in [2.75, 3.05) is 0 Å². The highest BCUT2D eigenvalue weighted by Gasteiger charge is 2.26. The average Bonchev–Trinajstić information content (AvgIpc) is 3.08. The number of hydrogen-bond donors (Lipinski definition) is 2. The molecule has 1 unspecified atom stereocenters. The number of phenols is 1. The van der Waals surface area contributed by atoms with Crippen LogP contribution in [-0.2, 0) is 0 Å². The predicted molar refractivity (Wildman–Crippen MR) is 100 cm³/mol. The lowest BCUT2D eigenvalue weighted by atomic mass is 9.84. The standard InChI is InChI=1S/C21H16N2O3/c24-21-16(10-6-12-19(21)23(25)26)20(14-7-2-1-3-8-14)17-13-22-18-11-5-4-9-15(17)18/h1-13,20,22,24H. The first-order valence-corrected chi connectivity index (χ1v) is 8.24. The summed E-state index contributed by atoms with van der Waals surface area (Å²) in [5.74, 6) is -0.621. The first kappa shape index (κ1) is 15.9. The molecule has 0 fully saturated rings. The molecule has 0 bridgehead atoms. The third-order valence-electron chi connectivity index (χ3n) is 4.62. The van der Waals surface area contributed by atoms with Gasteiger partial charge in [0.1, 0.15) is 0 Å². The Balaban J connectivity index is 1.99. The summed E-state index contributed by atoms with van der Waals surface area (Å²) in [6.07, 6.45) is 1.90. The van der Waals surface area contributed by atoms with E-state index in [0.717, 1.165) is 22.0 Å². The molecule has 1 heterocycles. The molecule has 2 N–H and O–H groups in total. The number of nitrogens with one attached hydrogen (secondary N) is 1. The predicted octanol–water partition coefficient (Wildman–Crippen LogP) is 4.96. The van der Waals surface area contributed by atoms with Crippen LogP contribution in [0.4, 0.5) is 5.69 Å². The van der Waals surface area contributed by atoms with Crippen LogP contribution in [0, 0.1) is 10.1 Å². The molecule has 1 atom stereocenters. The lowest BCUT2D eigenvalue weighted by molar-refractivity contribution is -0.385. The average molecular weight is 344 g/mol. The smallest absolute Gasteiger partial charge is 0.311 e. The maximum atomic E-state index is 11.3. The number of aromatic amines is 1. The number of H-pyrrole nitrogens is 1. The van der Waals surface area contributed by atoms with Crippen LogP contribution in [0.2, 0.25) is 0 Å². The fourth-order valence-electron chi connectivity index (χ4n) is 3.43. The van der Waals surface area contributed by atoms with Gasteiger partial charge in [0.05, 0.1) is 4.92 Å². The molecule has 4 aromatic rings. The van der Waals surface area contributed by atoms with E-state index in [2.05, 4.69) is 4.98 Å². The molecule has 1 aromatic heterocycles. The van der Waals surface area contributed by atoms with Gasteiger partial charge in [-0.2, -0.15) is 0 Å². The van der Waals surface area contributed by atoms with Crippen molar-refractivity contribution < 1.29 is 10.0 Å². The Morgan fingerprint density at radius 2 is 1.62 bits per heavy atom. The minimum Gasteiger partial charge on any atom is -0.502 e. The molecule has 5 nitrogen and oxygen atoms in total. The third-order valence-corrected chi connectivity index (χ3v) is 4.62. The largest absolute Gasteiger partial charge is 0.502 e. The number of nitrogens with zero attached hydrogens (tertiary/aromatic N) is 1. The van der Waals surface area contributed by atoms with E-state index >= 15 is 0 Å². The molecule has 0 aliphatic carbocycles. The number of hydrogen-bond acceptors (Lipinski definition) is 3. The zero-order chi connectivity index (χ0) is 18.1. The summed E-state index contributed by atoms with van der Waals surface area (Å²) < 4.78 is 0. The molecule has 5 heteroatoms. The number of fused-ring (bicyclic) bond motifs is 1.